The highest BCUT2D eigenvalue weighted by Gasteiger charge is 2.15. The van der Waals surface area contributed by atoms with E-state index in [-0.39, 0.29) is 11.6 Å². The molecular weight excluding hydrogens is 264 g/mol. The molecule has 0 radical (unpaired) electrons. The molecule has 20 heavy (non-hydrogen) atoms. The number of amides is 1. The number of rotatable bonds is 4. The zero-order valence-electron chi connectivity index (χ0n) is 11.5. The van der Waals surface area contributed by atoms with Crippen LogP contribution in [-0.4, -0.2) is 55.5 Å². The largest absolute Gasteiger partial charge is 0.324 e. The van der Waals surface area contributed by atoms with Crippen molar-refractivity contribution in [2.45, 2.75) is 6.42 Å². The van der Waals surface area contributed by atoms with Crippen LogP contribution in [0.5, 0.6) is 0 Å². The zero-order valence-corrected chi connectivity index (χ0v) is 11.5. The minimum Gasteiger partial charge on any atom is -0.324 e. The van der Waals surface area contributed by atoms with Gasteiger partial charge in [-0.05, 0) is 19.2 Å². The lowest BCUT2D eigenvalue weighted by Crippen LogP contribution is -2.45. The zero-order chi connectivity index (χ0) is 14.5. The SMILES string of the molecule is CN1CCN(CCC(=O)Nc2ccc(F)cc2F)CC1. The van der Waals surface area contributed by atoms with Gasteiger partial charge in [-0.3, -0.25) is 4.79 Å². The van der Waals surface area contributed by atoms with Gasteiger partial charge in [0.25, 0.3) is 0 Å². The molecule has 1 amide bonds. The van der Waals surface area contributed by atoms with E-state index in [1.807, 2.05) is 0 Å². The van der Waals surface area contributed by atoms with Crippen molar-refractivity contribution in [3.8, 4) is 0 Å². The van der Waals surface area contributed by atoms with Gasteiger partial charge in [-0.1, -0.05) is 0 Å². The molecule has 1 aromatic rings. The van der Waals surface area contributed by atoms with E-state index in [0.717, 1.165) is 38.3 Å². The summed E-state index contributed by atoms with van der Waals surface area (Å²) >= 11 is 0. The van der Waals surface area contributed by atoms with Crippen LogP contribution in [0.4, 0.5) is 14.5 Å². The van der Waals surface area contributed by atoms with Crippen molar-refractivity contribution in [1.29, 1.82) is 0 Å². The summed E-state index contributed by atoms with van der Waals surface area (Å²) in [6, 6.07) is 3.12. The molecule has 0 bridgehead atoms. The standard InChI is InChI=1S/C14H19F2N3O/c1-18-6-8-19(9-7-18)5-4-14(20)17-13-3-2-11(15)10-12(13)16/h2-3,10H,4-9H2,1H3,(H,17,20). The first-order valence-corrected chi connectivity index (χ1v) is 6.70. The molecule has 2 rings (SSSR count). The van der Waals surface area contributed by atoms with Crippen molar-refractivity contribution in [2.24, 2.45) is 0 Å². The lowest BCUT2D eigenvalue weighted by molar-refractivity contribution is -0.116. The summed E-state index contributed by atoms with van der Waals surface area (Å²) in [7, 11) is 2.07. The first-order valence-electron chi connectivity index (χ1n) is 6.70. The van der Waals surface area contributed by atoms with Gasteiger partial charge in [0, 0.05) is 45.2 Å². The van der Waals surface area contributed by atoms with Gasteiger partial charge in [0.15, 0.2) is 0 Å². The summed E-state index contributed by atoms with van der Waals surface area (Å²) in [6.07, 6.45) is 0.306. The third kappa shape index (κ3) is 4.25. The number of nitrogens with zero attached hydrogens (tertiary/aromatic N) is 2. The summed E-state index contributed by atoms with van der Waals surface area (Å²) in [6.45, 7) is 4.52. The number of hydrogen-bond donors (Lipinski definition) is 1. The molecule has 0 aliphatic carbocycles. The summed E-state index contributed by atoms with van der Waals surface area (Å²) in [4.78, 5) is 16.2. The van der Waals surface area contributed by atoms with Crippen LogP contribution >= 0.6 is 0 Å². The predicted octanol–water partition coefficient (Wildman–Crippen LogP) is 1.54. The molecule has 0 atom stereocenters. The Hall–Kier alpha value is -1.53. The Morgan fingerprint density at radius 3 is 2.60 bits per heavy atom. The average molecular weight is 283 g/mol. The fraction of sp³-hybridized carbons (Fsp3) is 0.500. The van der Waals surface area contributed by atoms with Gasteiger partial charge < -0.3 is 15.1 Å². The maximum Gasteiger partial charge on any atom is 0.225 e. The van der Waals surface area contributed by atoms with Crippen molar-refractivity contribution in [3.63, 3.8) is 0 Å². The van der Waals surface area contributed by atoms with E-state index in [2.05, 4.69) is 22.2 Å². The molecule has 1 aliphatic heterocycles. The smallest absolute Gasteiger partial charge is 0.225 e. The average Bonchev–Trinajstić information content (AvgIpc) is 2.41. The molecule has 1 N–H and O–H groups in total. The van der Waals surface area contributed by atoms with Crippen molar-refractivity contribution in [3.05, 3.63) is 29.8 Å². The molecule has 0 aromatic heterocycles. The second-order valence-electron chi connectivity index (χ2n) is 5.07. The molecule has 110 valence electrons. The van der Waals surface area contributed by atoms with Gasteiger partial charge in [-0.15, -0.1) is 0 Å². The molecule has 0 saturated carbocycles. The Balaban J connectivity index is 1.78. The third-order valence-electron chi connectivity index (χ3n) is 3.46. The Morgan fingerprint density at radius 1 is 1.25 bits per heavy atom. The Morgan fingerprint density at radius 2 is 1.95 bits per heavy atom. The highest BCUT2D eigenvalue weighted by molar-refractivity contribution is 5.90. The van der Waals surface area contributed by atoms with Crippen LogP contribution in [-0.2, 0) is 4.79 Å². The van der Waals surface area contributed by atoms with Crippen molar-refractivity contribution in [2.75, 3.05) is 45.1 Å². The van der Waals surface area contributed by atoms with E-state index in [1.54, 1.807) is 0 Å². The lowest BCUT2D eigenvalue weighted by atomic mass is 10.2. The number of anilines is 1. The van der Waals surface area contributed by atoms with Gasteiger partial charge in [-0.25, -0.2) is 8.78 Å². The quantitative estimate of drug-likeness (QED) is 0.910. The van der Waals surface area contributed by atoms with Crippen molar-refractivity contribution >= 4 is 11.6 Å². The van der Waals surface area contributed by atoms with Crippen molar-refractivity contribution < 1.29 is 13.6 Å². The number of carbonyl (C=O) groups is 1. The maximum absolute atomic E-state index is 13.4. The number of likely N-dealkylation sites (N-methyl/N-ethyl adjacent to an activating group) is 1. The Labute approximate surface area is 117 Å². The van der Waals surface area contributed by atoms with E-state index in [4.69, 9.17) is 0 Å². The van der Waals surface area contributed by atoms with Gasteiger partial charge >= 0.3 is 0 Å². The minimum absolute atomic E-state index is 0.0229. The summed E-state index contributed by atoms with van der Waals surface area (Å²) < 4.78 is 26.1. The maximum atomic E-state index is 13.4. The molecule has 1 saturated heterocycles. The first kappa shape index (κ1) is 14.9. The molecule has 1 aromatic carbocycles. The lowest BCUT2D eigenvalue weighted by Gasteiger charge is -2.32. The third-order valence-corrected chi connectivity index (χ3v) is 3.46. The van der Waals surface area contributed by atoms with Gasteiger partial charge in [0.05, 0.1) is 5.69 Å². The van der Waals surface area contributed by atoms with Crippen LogP contribution in [0, 0.1) is 11.6 Å². The van der Waals surface area contributed by atoms with E-state index >= 15 is 0 Å². The molecule has 4 nitrogen and oxygen atoms in total. The number of piperazine rings is 1. The second kappa shape index (κ2) is 6.76. The minimum atomic E-state index is -0.752. The number of nitrogens with one attached hydrogen (secondary N) is 1. The van der Waals surface area contributed by atoms with E-state index in [0.29, 0.717) is 13.0 Å². The second-order valence-corrected chi connectivity index (χ2v) is 5.07. The normalized spacial score (nSPS) is 17.1. The number of hydrogen-bond acceptors (Lipinski definition) is 3. The molecule has 0 unspecified atom stereocenters. The van der Waals surface area contributed by atoms with Crippen LogP contribution in [0.3, 0.4) is 0 Å². The first-order chi connectivity index (χ1) is 9.54. The monoisotopic (exact) mass is 283 g/mol. The number of halogens is 2. The van der Waals surface area contributed by atoms with Crippen LogP contribution in [0.1, 0.15) is 6.42 Å². The molecule has 0 spiro atoms. The molecule has 1 heterocycles. The number of carbonyl (C=O) groups excluding carboxylic acids is 1. The van der Waals surface area contributed by atoms with Crippen molar-refractivity contribution in [1.82, 2.24) is 9.80 Å². The number of benzene rings is 1. The summed E-state index contributed by atoms with van der Waals surface area (Å²) in [5.74, 6) is -1.66. The molecule has 1 aliphatic rings. The topological polar surface area (TPSA) is 35.6 Å². The van der Waals surface area contributed by atoms with Crippen LogP contribution in [0.2, 0.25) is 0 Å². The van der Waals surface area contributed by atoms with E-state index in [1.165, 1.54) is 6.07 Å². The summed E-state index contributed by atoms with van der Waals surface area (Å²) in [5, 5.41) is 2.47. The predicted molar refractivity (Wildman–Crippen MR) is 73.5 cm³/mol. The fourth-order valence-electron chi connectivity index (χ4n) is 2.13. The summed E-state index contributed by atoms with van der Waals surface area (Å²) in [5.41, 5.74) is 0.0229. The van der Waals surface area contributed by atoms with E-state index in [9.17, 15) is 13.6 Å². The molecule has 6 heteroatoms. The fourth-order valence-corrected chi connectivity index (χ4v) is 2.13. The van der Waals surface area contributed by atoms with E-state index < -0.39 is 11.6 Å². The molecular formula is C14H19F2N3O. The van der Waals surface area contributed by atoms with Gasteiger partial charge in [0.2, 0.25) is 5.91 Å². The highest BCUT2D eigenvalue weighted by Crippen LogP contribution is 2.15. The molecule has 1 fully saturated rings. The van der Waals surface area contributed by atoms with Gasteiger partial charge in [0.1, 0.15) is 11.6 Å². The Kier molecular flexibility index (Phi) is 5.03. The van der Waals surface area contributed by atoms with Crippen LogP contribution in [0.25, 0.3) is 0 Å². The Bertz CT molecular complexity index is 473. The van der Waals surface area contributed by atoms with Crippen LogP contribution < -0.4 is 5.32 Å². The van der Waals surface area contributed by atoms with Gasteiger partial charge in [-0.2, -0.15) is 0 Å². The van der Waals surface area contributed by atoms with Crippen LogP contribution in [0.15, 0.2) is 18.2 Å². The highest BCUT2D eigenvalue weighted by atomic mass is 19.1.